The predicted molar refractivity (Wildman–Crippen MR) is 95.3 cm³/mol. The Morgan fingerprint density at radius 2 is 1.20 bits per heavy atom. The Hall–Kier alpha value is 9.94. The van der Waals surface area contributed by atoms with Crippen molar-refractivity contribution in [2.45, 2.75) is 80.1 Å². The zero-order valence-electron chi connectivity index (χ0n) is 20.6. The van der Waals surface area contributed by atoms with Gasteiger partial charge in [0, 0.05) is 294 Å². The largest absolute Gasteiger partial charge is 0.354 e. The van der Waals surface area contributed by atoms with Crippen LogP contribution in [0.4, 0.5) is 0 Å². The first kappa shape index (κ1) is 63.3. The zero-order valence-corrected chi connectivity index (χ0v) is 46.2. The van der Waals surface area contributed by atoms with Crippen molar-refractivity contribution < 1.29 is 294 Å². The summed E-state index contributed by atoms with van der Waals surface area (Å²) in [5.74, 6) is 2.47. The predicted octanol–water partition coefficient (Wildman–Crippen LogP) is 6.71. The van der Waals surface area contributed by atoms with Crippen LogP contribution in [0.15, 0.2) is 0 Å². The van der Waals surface area contributed by atoms with Crippen molar-refractivity contribution in [3.63, 3.8) is 0 Å². The molecular weight excluding hydrogens is 1050 g/mol. The van der Waals surface area contributed by atoms with E-state index in [1.54, 1.807) is 0 Å². The van der Waals surface area contributed by atoms with Gasteiger partial charge in [0.15, 0.2) is 0 Å². The number of hydrogen-bond acceptors (Lipinski definition) is 0. The van der Waals surface area contributed by atoms with Crippen molar-refractivity contribution in [3.8, 4) is 0 Å². The van der Waals surface area contributed by atoms with Crippen LogP contribution in [0.1, 0.15) is 80.1 Å². The standard InChI is InChI=1S/C11H20.C10H18.9Y/c1-5-9-7-6-8-10(9)11(2,3)4;1-10(2,3)8-9-6-4-5-7-9;;;;;;;;;/h7,9-10H,1,5-6,8H2,2-4H3;6,8-9H,4-5,7H2,1-3H3;;;;;;;;;/q2*-2;;;;;;;;;. The molecule has 2 aliphatic rings. The van der Waals surface area contributed by atoms with Crippen LogP contribution in [0.2, 0.25) is 0 Å². The molecule has 0 aliphatic heterocycles. The molecule has 0 spiro atoms. The second-order valence-electron chi connectivity index (χ2n) is 9.10. The molecule has 0 amide bonds. The van der Waals surface area contributed by atoms with E-state index < -0.39 is 0 Å². The van der Waals surface area contributed by atoms with Crippen LogP contribution in [-0.4, -0.2) is 0 Å². The van der Waals surface area contributed by atoms with E-state index in [-0.39, 0.29) is 294 Å². The maximum Gasteiger partial charge on any atom is 0 e. The molecule has 2 rings (SSSR count). The number of rotatable bonds is 2. The normalized spacial score (nSPS) is 21.1. The summed E-state index contributed by atoms with van der Waals surface area (Å²) in [5, 5.41) is 0. The van der Waals surface area contributed by atoms with E-state index in [0.29, 0.717) is 10.8 Å². The molecule has 2 saturated carbocycles. The molecule has 3 unspecified atom stereocenters. The summed E-state index contributed by atoms with van der Waals surface area (Å²) >= 11 is 0. The minimum atomic E-state index is 0. The van der Waals surface area contributed by atoms with Crippen LogP contribution in [-0.2, 0) is 294 Å². The minimum absolute atomic E-state index is 0. The van der Waals surface area contributed by atoms with E-state index in [9.17, 15) is 0 Å². The fourth-order valence-electron chi connectivity index (χ4n) is 3.86. The third kappa shape index (κ3) is 32.4. The Labute approximate surface area is 417 Å². The van der Waals surface area contributed by atoms with Crippen molar-refractivity contribution in [1.82, 2.24) is 0 Å². The van der Waals surface area contributed by atoms with Gasteiger partial charge in [-0.3, -0.25) is 5.92 Å². The first-order valence-electron chi connectivity index (χ1n) is 8.95. The summed E-state index contributed by atoms with van der Waals surface area (Å²) in [5.41, 5.74) is 0.890. The Morgan fingerprint density at radius 1 is 0.733 bits per heavy atom. The molecular formula is C21H38Y9-4. The Morgan fingerprint density at radius 3 is 1.47 bits per heavy atom. The van der Waals surface area contributed by atoms with Gasteiger partial charge in [0.1, 0.15) is 0 Å². The summed E-state index contributed by atoms with van der Waals surface area (Å²) in [4.78, 5) is 0. The molecule has 2 aliphatic carbocycles. The van der Waals surface area contributed by atoms with E-state index in [1.807, 2.05) is 0 Å². The molecule has 0 bridgehead atoms. The molecule has 153 valence electrons. The van der Waals surface area contributed by atoms with Gasteiger partial charge in [0.25, 0.3) is 0 Å². The van der Waals surface area contributed by atoms with E-state index in [2.05, 4.69) is 67.7 Å². The molecule has 0 aromatic heterocycles. The molecule has 0 saturated heterocycles. The van der Waals surface area contributed by atoms with Crippen molar-refractivity contribution in [2.75, 3.05) is 0 Å². The Balaban J connectivity index is -0.0000000324. The van der Waals surface area contributed by atoms with Crippen molar-refractivity contribution in [3.05, 3.63) is 26.2 Å². The third-order valence-electron chi connectivity index (χ3n) is 4.83. The van der Waals surface area contributed by atoms with E-state index >= 15 is 0 Å². The average Bonchev–Trinajstić information content (AvgIpc) is 2.95. The third-order valence-corrected chi connectivity index (χ3v) is 4.83. The van der Waals surface area contributed by atoms with Gasteiger partial charge in [-0.1, -0.05) is 60.3 Å². The molecule has 0 heterocycles. The van der Waals surface area contributed by atoms with E-state index in [4.69, 9.17) is 0 Å². The molecule has 0 N–H and O–H groups in total. The molecule has 9 radical (unpaired) electrons. The second kappa shape index (κ2) is 35.1. The van der Waals surface area contributed by atoms with Gasteiger partial charge in [-0.2, -0.15) is 24.2 Å². The van der Waals surface area contributed by atoms with Gasteiger partial charge in [0.05, 0.1) is 0 Å². The maximum atomic E-state index is 4.00. The Bertz CT molecular complexity index is 296. The molecule has 9 heteroatoms. The van der Waals surface area contributed by atoms with Gasteiger partial charge >= 0.3 is 0 Å². The van der Waals surface area contributed by atoms with Crippen molar-refractivity contribution in [2.24, 2.45) is 28.6 Å². The van der Waals surface area contributed by atoms with E-state index in [0.717, 1.165) is 24.2 Å². The van der Waals surface area contributed by atoms with Crippen LogP contribution < -0.4 is 0 Å². The second-order valence-corrected chi connectivity index (χ2v) is 9.10. The fourth-order valence-corrected chi connectivity index (χ4v) is 3.86. The SMILES string of the molecule is CC(C)(C)[CH-]C1[CH-]CCC1.[CH2-]CC1[CH-]CCC1C(C)(C)C.[Y].[Y].[Y].[Y].[Y].[Y].[Y].[Y].[Y]. The smallest absolute Gasteiger partial charge is 0 e. The molecule has 3 atom stereocenters. The van der Waals surface area contributed by atoms with Gasteiger partial charge in [-0.25, -0.2) is 6.42 Å². The zero-order chi connectivity index (χ0) is 16.1. The molecule has 0 nitrogen and oxygen atoms in total. The summed E-state index contributed by atoms with van der Waals surface area (Å²) in [6.45, 7) is 17.9. The minimum Gasteiger partial charge on any atom is -0.354 e. The van der Waals surface area contributed by atoms with Gasteiger partial charge in [0.2, 0.25) is 0 Å². The van der Waals surface area contributed by atoms with Gasteiger partial charge in [-0.15, -0.1) is 6.42 Å². The van der Waals surface area contributed by atoms with Crippen LogP contribution >= 0.6 is 0 Å². The van der Waals surface area contributed by atoms with Crippen molar-refractivity contribution in [1.29, 1.82) is 0 Å². The Kier molecular flexibility index (Phi) is 74.1. The monoisotopic (exact) mass is 1090 g/mol. The summed E-state index contributed by atoms with van der Waals surface area (Å²) in [6.07, 6.45) is 15.3. The van der Waals surface area contributed by atoms with E-state index in [1.165, 1.54) is 32.1 Å². The molecule has 0 aromatic rings. The number of hydrogen-bond donors (Lipinski definition) is 0. The summed E-state index contributed by atoms with van der Waals surface area (Å²) < 4.78 is 0. The fraction of sp³-hybridized carbons (Fsp3) is 0.810. The molecule has 2 fully saturated rings. The van der Waals surface area contributed by atoms with Crippen LogP contribution in [0, 0.1) is 54.8 Å². The topological polar surface area (TPSA) is 0 Å². The quantitative estimate of drug-likeness (QED) is 0.271. The summed E-state index contributed by atoms with van der Waals surface area (Å²) in [7, 11) is 0. The molecule has 30 heavy (non-hydrogen) atoms. The maximum absolute atomic E-state index is 4.00. The average molecular weight is 1090 g/mol. The molecule has 0 aromatic carbocycles. The van der Waals surface area contributed by atoms with Crippen molar-refractivity contribution >= 4 is 0 Å². The summed E-state index contributed by atoms with van der Waals surface area (Å²) in [6, 6.07) is 0. The van der Waals surface area contributed by atoms with Crippen LogP contribution in [0.3, 0.4) is 0 Å². The van der Waals surface area contributed by atoms with Crippen LogP contribution in [0.25, 0.3) is 0 Å². The van der Waals surface area contributed by atoms with Gasteiger partial charge < -0.3 is 26.2 Å². The first-order valence-corrected chi connectivity index (χ1v) is 8.95. The first-order chi connectivity index (χ1) is 9.63. The van der Waals surface area contributed by atoms with Crippen LogP contribution in [0.5, 0.6) is 0 Å². The van der Waals surface area contributed by atoms with Gasteiger partial charge in [-0.05, 0) is 5.41 Å².